The summed E-state index contributed by atoms with van der Waals surface area (Å²) in [6.45, 7) is 0.266. The molecule has 2 aromatic rings. The summed E-state index contributed by atoms with van der Waals surface area (Å²) < 4.78 is 20.6. The molecule has 0 aliphatic heterocycles. The van der Waals surface area contributed by atoms with Crippen molar-refractivity contribution in [2.24, 2.45) is 0 Å². The van der Waals surface area contributed by atoms with E-state index in [4.69, 9.17) is 69.7 Å². The molecule has 0 saturated carbocycles. The number of alkyl halides is 2. The van der Waals surface area contributed by atoms with Crippen molar-refractivity contribution in [1.29, 1.82) is 0 Å². The molecule has 0 bridgehead atoms. The highest BCUT2D eigenvalue weighted by molar-refractivity contribution is 6.67. The number of hydrogen-bond acceptors (Lipinski definition) is 9. The number of ether oxygens (including phenoxy) is 4. The van der Waals surface area contributed by atoms with Crippen LogP contribution >= 0.6 is 34.8 Å². The van der Waals surface area contributed by atoms with Gasteiger partial charge in [0.15, 0.2) is 23.0 Å². The molecular weight excluding hydrogens is 527 g/mol. The van der Waals surface area contributed by atoms with E-state index in [9.17, 15) is 9.59 Å². The van der Waals surface area contributed by atoms with Crippen LogP contribution < -0.4 is 30.0 Å². The molecule has 196 valence electrons. The number of hydrogen-bond donors (Lipinski definition) is 4. The molecule has 10 nitrogen and oxygen atoms in total. The lowest BCUT2D eigenvalue weighted by Gasteiger charge is -2.11. The van der Waals surface area contributed by atoms with Crippen LogP contribution in [0.25, 0.3) is 0 Å². The van der Waals surface area contributed by atoms with E-state index in [1.165, 1.54) is 7.11 Å². The number of nitrogens with one attached hydrogen (secondary N) is 1. The summed E-state index contributed by atoms with van der Waals surface area (Å²) in [6.07, 6.45) is 0. The Morgan fingerprint density at radius 3 is 1.77 bits per heavy atom. The van der Waals surface area contributed by atoms with Crippen molar-refractivity contribution < 1.29 is 38.7 Å². The molecule has 0 spiro atoms. The fourth-order valence-electron chi connectivity index (χ4n) is 2.18. The van der Waals surface area contributed by atoms with Crippen molar-refractivity contribution in [3.8, 4) is 23.0 Å². The summed E-state index contributed by atoms with van der Waals surface area (Å²) in [5, 5.41) is 19.3. The number of nitrogens with two attached hydrogens (primary N) is 1. The minimum Gasteiger partial charge on any atom is -0.493 e. The Morgan fingerprint density at radius 1 is 0.857 bits per heavy atom. The zero-order valence-corrected chi connectivity index (χ0v) is 21.5. The van der Waals surface area contributed by atoms with Gasteiger partial charge in [-0.25, -0.2) is 0 Å². The lowest BCUT2D eigenvalue weighted by atomic mass is 10.2. The van der Waals surface area contributed by atoms with Crippen molar-refractivity contribution in [3.05, 3.63) is 36.4 Å². The first-order valence-electron chi connectivity index (χ1n) is 9.95. The van der Waals surface area contributed by atoms with E-state index in [0.717, 1.165) is 0 Å². The molecule has 0 unspecified atom stereocenters. The highest BCUT2D eigenvalue weighted by atomic mass is 35.5. The number of amides is 1. The number of halogens is 3. The number of nitrogen functional groups attached to an aromatic ring is 1. The van der Waals surface area contributed by atoms with Gasteiger partial charge >= 0.3 is 0 Å². The maximum absolute atomic E-state index is 11.1. The lowest BCUT2D eigenvalue weighted by molar-refractivity contribution is -0.114. The fraction of sp³-hybridized carbons (Fsp3) is 0.364. The van der Waals surface area contributed by atoms with E-state index in [0.29, 0.717) is 34.4 Å². The van der Waals surface area contributed by atoms with Gasteiger partial charge < -0.3 is 40.2 Å². The minimum absolute atomic E-state index is 0.0298. The van der Waals surface area contributed by atoms with Gasteiger partial charge in [0.1, 0.15) is 19.1 Å². The standard InChI is InChI=1S/C11H14ClNO4.C9H13NO3.C2H2Cl2O/c1-16-9-3-2-8(13-11(15)7-12)6-10(9)17-5-4-14;1-12-8-3-2-7(10)6-9(8)13-5-4-11;3-1-2(4)5/h2-3,6,14H,4-5,7H2,1H3,(H,13,15);2-3,6,11H,4-5,10H2,1H3;1H2. The van der Waals surface area contributed by atoms with Gasteiger partial charge in [-0.1, -0.05) is 0 Å². The summed E-state index contributed by atoms with van der Waals surface area (Å²) in [4.78, 5) is 20.6. The van der Waals surface area contributed by atoms with Gasteiger partial charge in [-0.3, -0.25) is 9.59 Å². The van der Waals surface area contributed by atoms with Crippen LogP contribution in [0.4, 0.5) is 11.4 Å². The van der Waals surface area contributed by atoms with Crippen molar-refractivity contribution in [1.82, 2.24) is 0 Å². The second-order valence-electron chi connectivity index (χ2n) is 6.09. The Kier molecular flexibility index (Phi) is 18.2. The molecular formula is C22H29Cl3N2O8. The van der Waals surface area contributed by atoms with Crippen LogP contribution in [-0.2, 0) is 9.59 Å². The average molecular weight is 556 g/mol. The SMILES string of the molecule is COc1ccc(N)cc1OCCO.COc1ccc(NC(=O)CCl)cc1OCCO.O=C(Cl)CCl. The van der Waals surface area contributed by atoms with Gasteiger partial charge in [0, 0.05) is 23.5 Å². The lowest BCUT2D eigenvalue weighted by Crippen LogP contribution is -2.12. The Bertz CT molecular complexity index is 903. The minimum atomic E-state index is -0.508. The van der Waals surface area contributed by atoms with Gasteiger partial charge in [0.05, 0.1) is 33.3 Å². The molecule has 2 aromatic carbocycles. The largest absolute Gasteiger partial charge is 0.493 e. The van der Waals surface area contributed by atoms with Crippen LogP contribution in [0.2, 0.25) is 0 Å². The number of benzene rings is 2. The summed E-state index contributed by atoms with van der Waals surface area (Å²) >= 11 is 14.9. The summed E-state index contributed by atoms with van der Waals surface area (Å²) in [5.74, 6) is 1.64. The first kappa shape index (κ1) is 32.4. The van der Waals surface area contributed by atoms with Crippen LogP contribution in [0, 0.1) is 0 Å². The molecule has 0 saturated heterocycles. The number of methoxy groups -OCH3 is 2. The first-order valence-corrected chi connectivity index (χ1v) is 11.4. The van der Waals surface area contributed by atoms with E-state index >= 15 is 0 Å². The molecule has 35 heavy (non-hydrogen) atoms. The smallest absolute Gasteiger partial charge is 0.239 e. The Hall–Kier alpha value is -2.63. The van der Waals surface area contributed by atoms with E-state index in [1.807, 2.05) is 0 Å². The van der Waals surface area contributed by atoms with E-state index in [2.05, 4.69) is 5.32 Å². The van der Waals surface area contributed by atoms with Crippen molar-refractivity contribution >= 4 is 57.3 Å². The van der Waals surface area contributed by atoms with Crippen LogP contribution in [0.3, 0.4) is 0 Å². The zero-order valence-electron chi connectivity index (χ0n) is 19.3. The van der Waals surface area contributed by atoms with Gasteiger partial charge in [-0.15, -0.1) is 23.2 Å². The molecule has 0 aliphatic rings. The Balaban J connectivity index is 0.000000567. The highest BCUT2D eigenvalue weighted by Gasteiger charge is 2.07. The molecule has 0 radical (unpaired) electrons. The number of aliphatic hydroxyl groups is 2. The van der Waals surface area contributed by atoms with Gasteiger partial charge in [0.2, 0.25) is 11.1 Å². The van der Waals surface area contributed by atoms with E-state index in [-0.39, 0.29) is 44.1 Å². The van der Waals surface area contributed by atoms with Crippen molar-refractivity contribution in [2.75, 3.05) is 63.5 Å². The molecule has 0 aliphatic carbocycles. The first-order chi connectivity index (χ1) is 16.8. The van der Waals surface area contributed by atoms with Gasteiger partial charge in [-0.05, 0) is 35.9 Å². The molecule has 0 fully saturated rings. The number of rotatable bonds is 11. The molecule has 0 atom stereocenters. The fourth-order valence-corrected chi connectivity index (χ4v) is 2.25. The maximum Gasteiger partial charge on any atom is 0.239 e. The van der Waals surface area contributed by atoms with Crippen LogP contribution in [0.1, 0.15) is 0 Å². The quantitative estimate of drug-likeness (QED) is 0.186. The number of carbonyl (C=O) groups is 2. The molecule has 2 rings (SSSR count). The second kappa shape index (κ2) is 19.7. The summed E-state index contributed by atoms with van der Waals surface area (Å²) in [6, 6.07) is 10.1. The van der Waals surface area contributed by atoms with E-state index in [1.54, 1.807) is 43.5 Å². The third kappa shape index (κ3) is 14.4. The van der Waals surface area contributed by atoms with E-state index < -0.39 is 5.24 Å². The molecule has 13 heteroatoms. The van der Waals surface area contributed by atoms with Gasteiger partial charge in [0.25, 0.3) is 0 Å². The summed E-state index contributed by atoms with van der Waals surface area (Å²) in [5.41, 5.74) is 6.72. The normalized spacial score (nSPS) is 9.46. The van der Waals surface area contributed by atoms with Crippen molar-refractivity contribution in [2.45, 2.75) is 0 Å². The number of anilines is 2. The monoisotopic (exact) mass is 554 g/mol. The predicted octanol–water partition coefficient (Wildman–Crippen LogP) is 2.88. The average Bonchev–Trinajstić information content (AvgIpc) is 2.87. The van der Waals surface area contributed by atoms with Crippen molar-refractivity contribution in [3.63, 3.8) is 0 Å². The second-order valence-corrected chi connectivity index (χ2v) is 7.05. The highest BCUT2D eigenvalue weighted by Crippen LogP contribution is 2.30. The topological polar surface area (TPSA) is 150 Å². The maximum atomic E-state index is 11.1. The van der Waals surface area contributed by atoms with Gasteiger partial charge in [-0.2, -0.15) is 0 Å². The third-order valence-corrected chi connectivity index (χ3v) is 4.32. The molecule has 5 N–H and O–H groups in total. The zero-order chi connectivity index (χ0) is 26.6. The summed E-state index contributed by atoms with van der Waals surface area (Å²) in [7, 11) is 3.06. The number of aliphatic hydroxyl groups excluding tert-OH is 2. The third-order valence-electron chi connectivity index (χ3n) is 3.56. The Morgan fingerprint density at radius 2 is 1.34 bits per heavy atom. The predicted molar refractivity (Wildman–Crippen MR) is 136 cm³/mol. The number of carbonyl (C=O) groups excluding carboxylic acids is 2. The van der Waals surface area contributed by atoms with Crippen LogP contribution in [0.15, 0.2) is 36.4 Å². The molecule has 0 heterocycles. The van der Waals surface area contributed by atoms with Crippen LogP contribution in [0.5, 0.6) is 23.0 Å². The Labute approximate surface area is 218 Å². The molecule has 0 aromatic heterocycles. The molecule has 1 amide bonds. The van der Waals surface area contributed by atoms with Crippen LogP contribution in [-0.4, -0.2) is 73.8 Å².